The molecule has 1 rings (SSSR count). The summed E-state index contributed by atoms with van der Waals surface area (Å²) in [5.74, 6) is -1.31. The third-order valence-electron chi connectivity index (χ3n) is 3.59. The Balaban J connectivity index is 2.79. The second-order valence-corrected chi connectivity index (χ2v) is 6.02. The third-order valence-corrected chi connectivity index (χ3v) is 3.59. The number of aromatic carboxylic acids is 1. The predicted molar refractivity (Wildman–Crippen MR) is 79.8 cm³/mol. The van der Waals surface area contributed by atoms with Gasteiger partial charge in [-0.05, 0) is 31.2 Å². The summed E-state index contributed by atoms with van der Waals surface area (Å²) in [5, 5.41) is 11.9. The van der Waals surface area contributed by atoms with Gasteiger partial charge in [0.25, 0.3) is 5.91 Å². The van der Waals surface area contributed by atoms with E-state index in [1.165, 1.54) is 0 Å². The lowest BCUT2D eigenvalue weighted by molar-refractivity contribution is 0.0690. The average Bonchev–Trinajstić information content (AvgIpc) is 2.69. The van der Waals surface area contributed by atoms with Gasteiger partial charge in [0.05, 0.1) is 5.56 Å². The molecule has 0 aliphatic heterocycles. The Morgan fingerprint density at radius 2 is 1.95 bits per heavy atom. The molecule has 0 fully saturated rings. The highest BCUT2D eigenvalue weighted by atomic mass is 16.5. The molecule has 1 aromatic rings. The van der Waals surface area contributed by atoms with Crippen LogP contribution in [0.1, 0.15) is 52.4 Å². The number of carboxylic acid groups (broad SMARTS) is 1. The Morgan fingerprint density at radius 3 is 2.43 bits per heavy atom. The number of amides is 1. The van der Waals surface area contributed by atoms with E-state index in [0.29, 0.717) is 30.0 Å². The van der Waals surface area contributed by atoms with Crippen LogP contribution in [-0.4, -0.2) is 42.2 Å². The lowest BCUT2D eigenvalue weighted by Gasteiger charge is -2.24. The number of carboxylic acids is 1. The van der Waals surface area contributed by atoms with E-state index in [-0.39, 0.29) is 17.0 Å². The van der Waals surface area contributed by atoms with E-state index in [2.05, 4.69) is 10.3 Å². The SMILES string of the molecule is COCCC(C)(C)CNC(=O)c1c(C)[nH]c(C(=O)O)c1C. The summed E-state index contributed by atoms with van der Waals surface area (Å²) in [7, 11) is 1.65. The maximum absolute atomic E-state index is 12.3. The zero-order valence-corrected chi connectivity index (χ0v) is 13.3. The minimum atomic E-state index is -1.06. The van der Waals surface area contributed by atoms with Gasteiger partial charge in [0.2, 0.25) is 0 Å². The molecule has 0 aliphatic rings. The van der Waals surface area contributed by atoms with Crippen LogP contribution in [0.25, 0.3) is 0 Å². The first-order chi connectivity index (χ1) is 9.69. The summed E-state index contributed by atoms with van der Waals surface area (Å²) >= 11 is 0. The summed E-state index contributed by atoms with van der Waals surface area (Å²) in [6.45, 7) is 8.57. The quantitative estimate of drug-likeness (QED) is 0.718. The number of aryl methyl sites for hydroxylation is 1. The molecule has 0 radical (unpaired) electrons. The number of rotatable bonds is 7. The average molecular weight is 296 g/mol. The molecule has 0 bridgehead atoms. The highest BCUT2D eigenvalue weighted by Crippen LogP contribution is 2.21. The molecule has 0 aliphatic carbocycles. The molecular weight excluding hydrogens is 272 g/mol. The smallest absolute Gasteiger partial charge is 0.352 e. The van der Waals surface area contributed by atoms with E-state index < -0.39 is 5.97 Å². The second-order valence-electron chi connectivity index (χ2n) is 6.02. The number of carbonyl (C=O) groups excluding carboxylic acids is 1. The third kappa shape index (κ3) is 4.32. The van der Waals surface area contributed by atoms with Crippen LogP contribution in [0.3, 0.4) is 0 Å². The number of nitrogens with one attached hydrogen (secondary N) is 2. The summed E-state index contributed by atoms with van der Waals surface area (Å²) in [6.07, 6.45) is 0.829. The maximum Gasteiger partial charge on any atom is 0.352 e. The number of aromatic amines is 1. The van der Waals surface area contributed by atoms with Crippen molar-refractivity contribution >= 4 is 11.9 Å². The molecule has 0 spiro atoms. The molecule has 0 aromatic carbocycles. The Morgan fingerprint density at radius 1 is 1.33 bits per heavy atom. The molecule has 118 valence electrons. The fourth-order valence-electron chi connectivity index (χ4n) is 2.18. The van der Waals surface area contributed by atoms with Crippen molar-refractivity contribution in [2.24, 2.45) is 5.41 Å². The van der Waals surface area contributed by atoms with Crippen molar-refractivity contribution in [1.29, 1.82) is 0 Å². The zero-order chi connectivity index (χ0) is 16.2. The molecule has 3 N–H and O–H groups in total. The molecule has 0 unspecified atom stereocenters. The van der Waals surface area contributed by atoms with Gasteiger partial charge in [0.15, 0.2) is 0 Å². The van der Waals surface area contributed by atoms with E-state index in [9.17, 15) is 9.59 Å². The highest BCUT2D eigenvalue weighted by molar-refractivity contribution is 6.00. The first kappa shape index (κ1) is 17.2. The topological polar surface area (TPSA) is 91.4 Å². The summed E-state index contributed by atoms with van der Waals surface area (Å²) in [6, 6.07) is 0. The molecular formula is C15H24N2O4. The Labute approximate surface area is 124 Å². The van der Waals surface area contributed by atoms with Crippen molar-refractivity contribution in [3.63, 3.8) is 0 Å². The van der Waals surface area contributed by atoms with E-state index >= 15 is 0 Å². The second kappa shape index (κ2) is 6.76. The Hall–Kier alpha value is -1.82. The monoisotopic (exact) mass is 296 g/mol. The highest BCUT2D eigenvalue weighted by Gasteiger charge is 2.24. The first-order valence-corrected chi connectivity index (χ1v) is 6.89. The number of hydrogen-bond donors (Lipinski definition) is 3. The van der Waals surface area contributed by atoms with E-state index in [1.54, 1.807) is 21.0 Å². The van der Waals surface area contributed by atoms with E-state index in [1.807, 2.05) is 13.8 Å². The molecule has 6 heteroatoms. The predicted octanol–water partition coefficient (Wildman–Crippen LogP) is 2.12. The van der Waals surface area contributed by atoms with Crippen LogP contribution in [0.15, 0.2) is 0 Å². The largest absolute Gasteiger partial charge is 0.477 e. The van der Waals surface area contributed by atoms with Crippen molar-refractivity contribution in [2.45, 2.75) is 34.1 Å². The van der Waals surface area contributed by atoms with Crippen molar-refractivity contribution in [1.82, 2.24) is 10.3 Å². The van der Waals surface area contributed by atoms with Crippen LogP contribution >= 0.6 is 0 Å². The minimum Gasteiger partial charge on any atom is -0.477 e. The zero-order valence-electron chi connectivity index (χ0n) is 13.3. The number of carbonyl (C=O) groups is 2. The Kier molecular flexibility index (Phi) is 5.54. The molecule has 0 saturated heterocycles. The molecule has 21 heavy (non-hydrogen) atoms. The van der Waals surface area contributed by atoms with E-state index in [0.717, 1.165) is 6.42 Å². The molecule has 1 heterocycles. The number of ether oxygens (including phenoxy) is 1. The number of aromatic nitrogens is 1. The lowest BCUT2D eigenvalue weighted by atomic mass is 9.89. The van der Waals surface area contributed by atoms with Crippen LogP contribution in [-0.2, 0) is 4.74 Å². The maximum atomic E-state index is 12.3. The number of H-pyrrole nitrogens is 1. The van der Waals surface area contributed by atoms with E-state index in [4.69, 9.17) is 9.84 Å². The molecule has 1 amide bonds. The summed E-state index contributed by atoms with van der Waals surface area (Å²) in [5.41, 5.74) is 1.43. The Bertz CT molecular complexity index is 532. The van der Waals surface area contributed by atoms with Gasteiger partial charge in [0, 0.05) is 26.0 Å². The van der Waals surface area contributed by atoms with Gasteiger partial charge in [0.1, 0.15) is 5.69 Å². The van der Waals surface area contributed by atoms with Gasteiger partial charge in [-0.25, -0.2) is 4.79 Å². The van der Waals surface area contributed by atoms with Crippen LogP contribution < -0.4 is 5.32 Å². The van der Waals surface area contributed by atoms with Gasteiger partial charge in [-0.2, -0.15) is 0 Å². The molecule has 0 atom stereocenters. The van der Waals surface area contributed by atoms with Gasteiger partial charge in [-0.3, -0.25) is 4.79 Å². The van der Waals surface area contributed by atoms with Crippen molar-refractivity contribution in [2.75, 3.05) is 20.3 Å². The van der Waals surface area contributed by atoms with Crippen molar-refractivity contribution < 1.29 is 19.4 Å². The van der Waals surface area contributed by atoms with Crippen LogP contribution in [0.5, 0.6) is 0 Å². The number of methoxy groups -OCH3 is 1. The summed E-state index contributed by atoms with van der Waals surface area (Å²) < 4.78 is 5.05. The summed E-state index contributed by atoms with van der Waals surface area (Å²) in [4.78, 5) is 26.1. The van der Waals surface area contributed by atoms with Crippen LogP contribution in [0.2, 0.25) is 0 Å². The molecule has 6 nitrogen and oxygen atoms in total. The fourth-order valence-corrected chi connectivity index (χ4v) is 2.18. The van der Waals surface area contributed by atoms with Gasteiger partial charge < -0.3 is 20.1 Å². The fraction of sp³-hybridized carbons (Fsp3) is 0.600. The van der Waals surface area contributed by atoms with Gasteiger partial charge >= 0.3 is 5.97 Å². The van der Waals surface area contributed by atoms with Gasteiger partial charge in [-0.15, -0.1) is 0 Å². The molecule has 0 saturated carbocycles. The van der Waals surface area contributed by atoms with Crippen molar-refractivity contribution in [3.8, 4) is 0 Å². The van der Waals surface area contributed by atoms with Crippen LogP contribution in [0, 0.1) is 19.3 Å². The lowest BCUT2D eigenvalue weighted by Crippen LogP contribution is -2.35. The standard InChI is InChI=1S/C15H24N2O4/c1-9-11(10(2)17-12(9)14(19)20)13(18)16-8-15(3,4)6-7-21-5/h17H,6-8H2,1-5H3,(H,16,18)(H,19,20). The minimum absolute atomic E-state index is 0.0660. The first-order valence-electron chi connectivity index (χ1n) is 6.89. The van der Waals surface area contributed by atoms with Crippen LogP contribution in [0.4, 0.5) is 0 Å². The number of hydrogen-bond acceptors (Lipinski definition) is 3. The molecule has 1 aromatic heterocycles. The van der Waals surface area contributed by atoms with Crippen molar-refractivity contribution in [3.05, 3.63) is 22.5 Å². The normalized spacial score (nSPS) is 11.5. The van der Waals surface area contributed by atoms with Gasteiger partial charge in [-0.1, -0.05) is 13.8 Å².